The Balaban J connectivity index is 1.36. The Bertz CT molecular complexity index is 894. The second kappa shape index (κ2) is 7.31. The molecular weight excluding hydrogens is 344 g/mol. The molecule has 2 aromatic rings. The lowest BCUT2D eigenvalue weighted by molar-refractivity contribution is -0.137. The van der Waals surface area contributed by atoms with Gasteiger partial charge in [-0.05, 0) is 49.1 Å². The van der Waals surface area contributed by atoms with E-state index in [1.165, 1.54) is 11.1 Å². The van der Waals surface area contributed by atoms with Crippen molar-refractivity contribution in [3.8, 4) is 11.5 Å². The van der Waals surface area contributed by atoms with Crippen molar-refractivity contribution in [2.45, 2.75) is 25.8 Å². The van der Waals surface area contributed by atoms with E-state index in [0.29, 0.717) is 11.5 Å². The maximum atomic E-state index is 12.5. The number of fused-ring (bicyclic) bond motifs is 2. The molecule has 1 unspecified atom stereocenters. The molecule has 0 spiro atoms. The molecule has 0 radical (unpaired) electrons. The zero-order chi connectivity index (χ0) is 18.8. The van der Waals surface area contributed by atoms with Crippen molar-refractivity contribution in [3.63, 3.8) is 0 Å². The van der Waals surface area contributed by atoms with Gasteiger partial charge in [-0.15, -0.1) is 0 Å². The summed E-state index contributed by atoms with van der Waals surface area (Å²) < 4.78 is 10.7. The van der Waals surface area contributed by atoms with Gasteiger partial charge in [-0.2, -0.15) is 0 Å². The van der Waals surface area contributed by atoms with E-state index in [1.54, 1.807) is 4.90 Å². The number of amides is 1. The molecule has 0 bridgehead atoms. The molecule has 27 heavy (non-hydrogen) atoms. The van der Waals surface area contributed by atoms with E-state index < -0.39 is 0 Å². The van der Waals surface area contributed by atoms with Crippen molar-refractivity contribution in [1.29, 1.82) is 0 Å². The highest BCUT2D eigenvalue weighted by Crippen LogP contribution is 2.35. The number of aryl methyl sites for hydroxylation is 1. The molecule has 0 fully saturated rings. The number of nitrogens with zero attached hydrogens (tertiary/aromatic N) is 2. The second-order valence-electron chi connectivity index (χ2n) is 6.78. The Hall–Kier alpha value is -3.02. The quantitative estimate of drug-likeness (QED) is 0.602. The molecule has 6 nitrogen and oxygen atoms in total. The number of likely N-dealkylation sites (N-methyl/N-ethyl adjacent to an activating group) is 1. The highest BCUT2D eigenvalue weighted by molar-refractivity contribution is 5.99. The molecule has 1 amide bonds. The van der Waals surface area contributed by atoms with Gasteiger partial charge in [0.15, 0.2) is 18.1 Å². The smallest absolute Gasteiger partial charge is 0.263 e. The van der Waals surface area contributed by atoms with Crippen LogP contribution < -0.4 is 9.47 Å². The largest absolute Gasteiger partial charge is 0.454 e. The lowest BCUT2D eigenvalue weighted by atomic mass is 10.1. The van der Waals surface area contributed by atoms with Crippen molar-refractivity contribution < 1.29 is 19.1 Å². The Morgan fingerprint density at radius 2 is 2.04 bits per heavy atom. The molecule has 0 saturated heterocycles. The predicted octanol–water partition coefficient (Wildman–Crippen LogP) is 3.30. The van der Waals surface area contributed by atoms with Crippen LogP contribution in [0.2, 0.25) is 0 Å². The van der Waals surface area contributed by atoms with Crippen molar-refractivity contribution in [2.75, 3.05) is 20.4 Å². The Kier molecular flexibility index (Phi) is 4.71. The summed E-state index contributed by atoms with van der Waals surface area (Å²) in [5.74, 6) is 1.33. The molecule has 0 aromatic heterocycles. The van der Waals surface area contributed by atoms with Gasteiger partial charge in [0.1, 0.15) is 0 Å². The van der Waals surface area contributed by atoms with Gasteiger partial charge in [0.2, 0.25) is 6.79 Å². The highest BCUT2D eigenvalue weighted by Gasteiger charge is 2.28. The number of hydrogen-bond donors (Lipinski definition) is 0. The van der Waals surface area contributed by atoms with Gasteiger partial charge in [-0.1, -0.05) is 29.4 Å². The van der Waals surface area contributed by atoms with Crippen molar-refractivity contribution in [2.24, 2.45) is 5.16 Å². The Morgan fingerprint density at radius 1 is 1.22 bits per heavy atom. The van der Waals surface area contributed by atoms with Crippen LogP contribution in [0.4, 0.5) is 0 Å². The van der Waals surface area contributed by atoms with Crippen LogP contribution in [0, 0.1) is 0 Å². The van der Waals surface area contributed by atoms with Gasteiger partial charge in [-0.3, -0.25) is 4.79 Å². The second-order valence-corrected chi connectivity index (χ2v) is 6.78. The van der Waals surface area contributed by atoms with Crippen LogP contribution in [0.3, 0.4) is 0 Å². The fourth-order valence-corrected chi connectivity index (χ4v) is 3.57. The van der Waals surface area contributed by atoms with E-state index in [2.05, 4.69) is 17.3 Å². The summed E-state index contributed by atoms with van der Waals surface area (Å²) in [6, 6.07) is 14.0. The number of carbonyl (C=O) groups excluding carboxylic acids is 1. The van der Waals surface area contributed by atoms with Crippen LogP contribution >= 0.6 is 0 Å². The number of hydrogen-bond acceptors (Lipinski definition) is 5. The Labute approximate surface area is 158 Å². The van der Waals surface area contributed by atoms with E-state index in [0.717, 1.165) is 24.2 Å². The first-order valence-corrected chi connectivity index (χ1v) is 9.03. The van der Waals surface area contributed by atoms with Crippen LogP contribution in [-0.4, -0.2) is 37.0 Å². The summed E-state index contributed by atoms with van der Waals surface area (Å²) in [5, 5.41) is 4.09. The molecule has 0 N–H and O–H groups in total. The van der Waals surface area contributed by atoms with Gasteiger partial charge in [0, 0.05) is 12.6 Å². The summed E-state index contributed by atoms with van der Waals surface area (Å²) in [7, 11) is 1.83. The fourth-order valence-electron chi connectivity index (χ4n) is 3.57. The summed E-state index contributed by atoms with van der Waals surface area (Å²) in [5.41, 5.74) is 4.09. The molecule has 2 aromatic carbocycles. The molecule has 1 aliphatic carbocycles. The Morgan fingerprint density at radius 3 is 2.93 bits per heavy atom. The molecule has 1 heterocycles. The van der Waals surface area contributed by atoms with E-state index in [9.17, 15) is 4.79 Å². The monoisotopic (exact) mass is 366 g/mol. The normalized spacial score (nSPS) is 17.6. The zero-order valence-electron chi connectivity index (χ0n) is 15.5. The third-order valence-electron chi connectivity index (χ3n) is 5.14. The third-order valence-corrected chi connectivity index (χ3v) is 5.14. The average molecular weight is 366 g/mol. The number of ether oxygens (including phenoxy) is 2. The average Bonchev–Trinajstić information content (AvgIpc) is 3.33. The maximum Gasteiger partial charge on any atom is 0.263 e. The fraction of sp³-hybridized carbons (Fsp3) is 0.333. The summed E-state index contributed by atoms with van der Waals surface area (Å²) in [4.78, 5) is 19.6. The lowest BCUT2D eigenvalue weighted by Crippen LogP contribution is -2.32. The van der Waals surface area contributed by atoms with Crippen molar-refractivity contribution in [3.05, 3.63) is 59.2 Å². The molecular formula is C21H22N2O4. The molecule has 1 atom stereocenters. The number of carbonyl (C=O) groups is 1. The topological polar surface area (TPSA) is 60.4 Å². The first-order valence-electron chi connectivity index (χ1n) is 9.03. The predicted molar refractivity (Wildman–Crippen MR) is 101 cm³/mol. The number of benzene rings is 2. The van der Waals surface area contributed by atoms with Crippen molar-refractivity contribution >= 4 is 11.6 Å². The molecule has 4 rings (SSSR count). The van der Waals surface area contributed by atoms with Crippen LogP contribution in [0.15, 0.2) is 47.6 Å². The minimum Gasteiger partial charge on any atom is -0.454 e. The van der Waals surface area contributed by atoms with E-state index >= 15 is 0 Å². The van der Waals surface area contributed by atoms with Crippen LogP contribution in [0.5, 0.6) is 11.5 Å². The van der Waals surface area contributed by atoms with Gasteiger partial charge >= 0.3 is 0 Å². The van der Waals surface area contributed by atoms with Crippen LogP contribution in [0.25, 0.3) is 0 Å². The molecule has 6 heteroatoms. The summed E-state index contributed by atoms with van der Waals surface area (Å²) in [6.07, 6.45) is 1.95. The minimum atomic E-state index is -0.0863. The van der Waals surface area contributed by atoms with Crippen molar-refractivity contribution in [1.82, 2.24) is 4.90 Å². The van der Waals surface area contributed by atoms with Gasteiger partial charge in [0.05, 0.1) is 11.8 Å². The first-order chi connectivity index (χ1) is 13.1. The molecule has 1 aliphatic heterocycles. The number of oxime groups is 1. The van der Waals surface area contributed by atoms with Gasteiger partial charge in [-0.25, -0.2) is 0 Å². The van der Waals surface area contributed by atoms with E-state index in [1.807, 2.05) is 44.3 Å². The lowest BCUT2D eigenvalue weighted by Gasteiger charge is -2.25. The van der Waals surface area contributed by atoms with E-state index in [-0.39, 0.29) is 25.3 Å². The van der Waals surface area contributed by atoms with Gasteiger partial charge in [0.25, 0.3) is 5.91 Å². The molecule has 0 saturated carbocycles. The van der Waals surface area contributed by atoms with E-state index in [4.69, 9.17) is 14.3 Å². The van der Waals surface area contributed by atoms with Gasteiger partial charge < -0.3 is 19.2 Å². The first kappa shape index (κ1) is 17.4. The summed E-state index contributed by atoms with van der Waals surface area (Å²) >= 11 is 0. The maximum absolute atomic E-state index is 12.5. The number of rotatable bonds is 5. The molecule has 2 aliphatic rings. The van der Waals surface area contributed by atoms with Crippen LogP contribution in [0.1, 0.15) is 36.1 Å². The third kappa shape index (κ3) is 3.47. The van der Waals surface area contributed by atoms with Crippen LogP contribution in [-0.2, 0) is 16.1 Å². The standard InChI is InChI=1S/C21H22N2O4/c1-14(16-8-10-19-20(11-16)26-13-25-19)22-27-12-21(24)23(2)18-9-7-15-5-3-4-6-17(15)18/h3-6,8,10-11,18H,7,9,12-13H2,1-2H3/b22-14+. The highest BCUT2D eigenvalue weighted by atomic mass is 16.7. The molecule has 140 valence electrons. The summed E-state index contributed by atoms with van der Waals surface area (Å²) in [6.45, 7) is 1.98. The SMILES string of the molecule is C/C(=N\OCC(=O)N(C)C1CCc2ccccc21)c1ccc2c(c1)OCO2. The zero-order valence-corrected chi connectivity index (χ0v) is 15.5. The minimum absolute atomic E-state index is 0.0843.